The summed E-state index contributed by atoms with van der Waals surface area (Å²) in [5.41, 5.74) is 1.07. The van der Waals surface area contributed by atoms with Gasteiger partial charge >= 0.3 is 14.8 Å². The van der Waals surface area contributed by atoms with E-state index >= 15 is 0 Å². The molecule has 1 atom stereocenters. The summed E-state index contributed by atoms with van der Waals surface area (Å²) in [5, 5.41) is 5.74. The molecule has 0 saturated carbocycles. The summed E-state index contributed by atoms with van der Waals surface area (Å²) in [7, 11) is 2.21. The summed E-state index contributed by atoms with van der Waals surface area (Å²) < 4.78 is 16.0. The van der Waals surface area contributed by atoms with Crippen molar-refractivity contribution >= 4 is 14.8 Å². The van der Waals surface area contributed by atoms with Gasteiger partial charge in [0.1, 0.15) is 0 Å². The summed E-state index contributed by atoms with van der Waals surface area (Å²) >= 11 is 0. The van der Waals surface area contributed by atoms with Crippen LogP contribution in [0.3, 0.4) is 0 Å². The number of carbonyl (C=O) groups excluding carboxylic acids is 1. The molecule has 0 fully saturated rings. The number of hydrogen-bond acceptors (Lipinski definition) is 4. The van der Waals surface area contributed by atoms with E-state index in [0.717, 1.165) is 12.0 Å². The average Bonchev–Trinajstić information content (AvgIpc) is 2.56. The summed E-state index contributed by atoms with van der Waals surface area (Å²) in [6.07, 6.45) is 0.731. The van der Waals surface area contributed by atoms with Crippen molar-refractivity contribution in [2.24, 2.45) is 0 Å². The van der Waals surface area contributed by atoms with E-state index in [4.69, 9.17) is 13.3 Å². The smallest absolute Gasteiger partial charge is 0.377 e. The van der Waals surface area contributed by atoms with Gasteiger partial charge in [0.2, 0.25) is 0 Å². The number of benzene rings is 1. The van der Waals surface area contributed by atoms with Gasteiger partial charge in [0.05, 0.1) is 6.04 Å². The fourth-order valence-corrected chi connectivity index (χ4v) is 3.86. The van der Waals surface area contributed by atoms with Gasteiger partial charge in [0, 0.05) is 33.9 Å². The van der Waals surface area contributed by atoms with E-state index in [-0.39, 0.29) is 12.1 Å². The quantitative estimate of drug-likeness (QED) is 0.540. The zero-order valence-corrected chi connectivity index (χ0v) is 14.7. The highest BCUT2D eigenvalue weighted by molar-refractivity contribution is 6.60. The van der Waals surface area contributed by atoms with Gasteiger partial charge in [-0.05, 0) is 18.9 Å². The van der Waals surface area contributed by atoms with Crippen LogP contribution in [0.1, 0.15) is 24.9 Å². The fourth-order valence-electron chi connectivity index (χ4n) is 2.14. The van der Waals surface area contributed by atoms with Gasteiger partial charge in [-0.2, -0.15) is 0 Å². The lowest BCUT2D eigenvalue weighted by molar-refractivity contribution is 0.123. The van der Waals surface area contributed by atoms with Crippen molar-refractivity contribution in [2.45, 2.75) is 25.4 Å². The maximum absolute atomic E-state index is 11.9. The lowest BCUT2D eigenvalue weighted by Crippen LogP contribution is -2.44. The van der Waals surface area contributed by atoms with Crippen LogP contribution in [0.2, 0.25) is 6.04 Å². The monoisotopic (exact) mass is 326 g/mol. The number of amides is 2. The number of carbonyl (C=O) groups is 1. The zero-order chi connectivity index (χ0) is 16.4. The second-order valence-electron chi connectivity index (χ2n) is 4.93. The maximum Gasteiger partial charge on any atom is 0.500 e. The van der Waals surface area contributed by atoms with Crippen LogP contribution in [0.4, 0.5) is 4.79 Å². The maximum atomic E-state index is 11.9. The first kappa shape index (κ1) is 18.6. The van der Waals surface area contributed by atoms with Crippen molar-refractivity contribution in [1.82, 2.24) is 10.6 Å². The van der Waals surface area contributed by atoms with Gasteiger partial charge < -0.3 is 23.9 Å². The lowest BCUT2D eigenvalue weighted by atomic mass is 10.1. The molecule has 1 aromatic rings. The molecule has 22 heavy (non-hydrogen) atoms. The van der Waals surface area contributed by atoms with Gasteiger partial charge in [-0.1, -0.05) is 30.3 Å². The predicted octanol–water partition coefficient (Wildman–Crippen LogP) is 2.32. The number of rotatable bonds is 9. The lowest BCUT2D eigenvalue weighted by Gasteiger charge is -2.24. The minimum atomic E-state index is -2.55. The molecule has 0 heterocycles. The molecule has 2 amide bonds. The molecule has 1 rings (SSSR count). The Hall–Kier alpha value is -1.41. The Morgan fingerprint density at radius 2 is 1.73 bits per heavy atom. The molecule has 0 bridgehead atoms. The van der Waals surface area contributed by atoms with Gasteiger partial charge in [-0.3, -0.25) is 0 Å². The van der Waals surface area contributed by atoms with E-state index in [2.05, 4.69) is 10.6 Å². The number of hydrogen-bond donors (Lipinski definition) is 2. The molecule has 0 aliphatic heterocycles. The first-order chi connectivity index (χ1) is 10.6. The molecule has 124 valence electrons. The molecule has 7 heteroatoms. The van der Waals surface area contributed by atoms with Crippen LogP contribution in [-0.4, -0.2) is 42.7 Å². The average molecular weight is 326 g/mol. The van der Waals surface area contributed by atoms with Crippen molar-refractivity contribution < 1.29 is 18.1 Å². The Balaban J connectivity index is 2.29. The first-order valence-electron chi connectivity index (χ1n) is 7.31. The van der Waals surface area contributed by atoms with E-state index in [1.807, 2.05) is 37.3 Å². The van der Waals surface area contributed by atoms with Crippen molar-refractivity contribution in [2.75, 3.05) is 27.9 Å². The summed E-state index contributed by atoms with van der Waals surface area (Å²) in [6, 6.07) is 10.3. The normalized spacial score (nSPS) is 12.7. The van der Waals surface area contributed by atoms with Gasteiger partial charge in [-0.25, -0.2) is 4.79 Å². The first-order valence-corrected chi connectivity index (χ1v) is 9.25. The predicted molar refractivity (Wildman–Crippen MR) is 87.6 cm³/mol. The molecular weight excluding hydrogens is 300 g/mol. The van der Waals surface area contributed by atoms with E-state index in [9.17, 15) is 4.79 Å². The van der Waals surface area contributed by atoms with E-state index in [1.165, 1.54) is 0 Å². The third-order valence-corrected chi connectivity index (χ3v) is 6.36. The van der Waals surface area contributed by atoms with Crippen LogP contribution < -0.4 is 10.6 Å². The molecule has 0 saturated heterocycles. The van der Waals surface area contributed by atoms with Crippen molar-refractivity contribution in [3.63, 3.8) is 0 Å². The summed E-state index contributed by atoms with van der Waals surface area (Å²) in [5.74, 6) is 0. The molecule has 0 aliphatic carbocycles. The second kappa shape index (κ2) is 9.57. The van der Waals surface area contributed by atoms with Crippen molar-refractivity contribution in [3.05, 3.63) is 35.9 Å². The molecule has 0 aromatic heterocycles. The van der Waals surface area contributed by atoms with Gasteiger partial charge in [0.25, 0.3) is 0 Å². The summed E-state index contributed by atoms with van der Waals surface area (Å²) in [6.45, 7) is 2.49. The molecule has 0 radical (unpaired) electrons. The minimum Gasteiger partial charge on any atom is -0.377 e. The molecule has 1 aromatic carbocycles. The Morgan fingerprint density at radius 3 is 2.27 bits per heavy atom. The van der Waals surface area contributed by atoms with Crippen LogP contribution in [-0.2, 0) is 13.3 Å². The molecular formula is C15H26N2O4Si. The van der Waals surface area contributed by atoms with Crippen LogP contribution in [0.25, 0.3) is 0 Å². The van der Waals surface area contributed by atoms with E-state index in [0.29, 0.717) is 12.6 Å². The Kier molecular flexibility index (Phi) is 8.11. The Labute approximate surface area is 133 Å². The molecule has 6 nitrogen and oxygen atoms in total. The van der Waals surface area contributed by atoms with Gasteiger partial charge in [-0.15, -0.1) is 0 Å². The highest BCUT2D eigenvalue weighted by Crippen LogP contribution is 2.14. The topological polar surface area (TPSA) is 68.8 Å². The Morgan fingerprint density at radius 1 is 1.14 bits per heavy atom. The molecule has 0 unspecified atom stereocenters. The van der Waals surface area contributed by atoms with Crippen molar-refractivity contribution in [3.8, 4) is 0 Å². The SMILES string of the molecule is CO[Si](CCCNC(=O)N[C@H](C)c1ccccc1)(OC)OC. The van der Waals surface area contributed by atoms with Crippen molar-refractivity contribution in [1.29, 1.82) is 0 Å². The zero-order valence-electron chi connectivity index (χ0n) is 13.7. The number of nitrogens with one attached hydrogen (secondary N) is 2. The largest absolute Gasteiger partial charge is 0.500 e. The van der Waals surface area contributed by atoms with E-state index in [1.54, 1.807) is 21.3 Å². The highest BCUT2D eigenvalue weighted by atomic mass is 28.4. The van der Waals surface area contributed by atoms with Crippen LogP contribution in [0, 0.1) is 0 Å². The molecule has 0 aliphatic rings. The third-order valence-electron chi connectivity index (χ3n) is 3.53. The van der Waals surface area contributed by atoms with E-state index < -0.39 is 8.80 Å². The van der Waals surface area contributed by atoms with Gasteiger partial charge in [0.15, 0.2) is 0 Å². The summed E-state index contributed by atoms with van der Waals surface area (Å²) in [4.78, 5) is 11.9. The highest BCUT2D eigenvalue weighted by Gasteiger charge is 2.36. The third kappa shape index (κ3) is 5.76. The minimum absolute atomic E-state index is 0.0356. The fraction of sp³-hybridized carbons (Fsp3) is 0.533. The van der Waals surface area contributed by atoms with Crippen LogP contribution in [0.15, 0.2) is 30.3 Å². The van der Waals surface area contributed by atoms with Crippen LogP contribution in [0.5, 0.6) is 0 Å². The Bertz CT molecular complexity index is 432. The number of urea groups is 1. The molecule has 0 spiro atoms. The molecule has 2 N–H and O–H groups in total. The van der Waals surface area contributed by atoms with Crippen LogP contribution >= 0.6 is 0 Å². The second-order valence-corrected chi connectivity index (χ2v) is 8.02. The standard InChI is InChI=1S/C15H26N2O4Si/c1-13(14-9-6-5-7-10-14)17-15(18)16-11-8-12-22(19-2,20-3)21-4/h5-7,9-10,13H,8,11-12H2,1-4H3,(H2,16,17,18)/t13-/m1/s1.